The van der Waals surface area contributed by atoms with E-state index in [4.69, 9.17) is 2.74 Å². The van der Waals surface area contributed by atoms with Crippen LogP contribution in [0.25, 0.3) is 10.9 Å². The van der Waals surface area contributed by atoms with Gasteiger partial charge in [-0.3, -0.25) is 4.98 Å². The van der Waals surface area contributed by atoms with Crippen LogP contribution in [0.15, 0.2) is 36.5 Å². The van der Waals surface area contributed by atoms with Crippen LogP contribution < -0.4 is 0 Å². The zero-order valence-corrected chi connectivity index (χ0v) is 5.70. The minimum absolute atomic E-state index is 0.0591. The van der Waals surface area contributed by atoms with Crippen LogP contribution in [0.3, 0.4) is 0 Å². The van der Waals surface area contributed by atoms with Crippen molar-refractivity contribution in [2.24, 2.45) is 0 Å². The molecule has 1 aromatic carbocycles. The van der Waals surface area contributed by atoms with Gasteiger partial charge in [0.2, 0.25) is 0 Å². The molecule has 11 heavy (non-hydrogen) atoms. The summed E-state index contributed by atoms with van der Waals surface area (Å²) in [5.74, 6) is -0.161. The summed E-state index contributed by atoms with van der Waals surface area (Å²) in [6, 6.07) is 4.86. The van der Waals surface area contributed by atoms with E-state index in [1.165, 1.54) is 12.3 Å². The predicted molar refractivity (Wildman–Crippen MR) is 43.4 cm³/mol. The first-order valence-electron chi connectivity index (χ1n) is 4.24. The van der Waals surface area contributed by atoms with E-state index in [-0.39, 0.29) is 17.8 Å². The van der Waals surface area contributed by atoms with Crippen LogP contribution in [0.2, 0.25) is 0 Å². The molecule has 1 aromatic heterocycles. The van der Waals surface area contributed by atoms with E-state index in [9.17, 15) is 5.11 Å². The predicted octanol–water partition coefficient (Wildman–Crippen LogP) is 1.94. The number of fused-ring (bicyclic) bond motifs is 1. The standard InChI is InChI=1S/C9H7NO/c11-8-5-1-3-7-4-2-6-10-9(7)8/h1-6,11H/i3D,5D. The molecular formula is C9H7NO. The molecule has 0 radical (unpaired) electrons. The van der Waals surface area contributed by atoms with Crippen LogP contribution in [0.5, 0.6) is 5.75 Å². The average molecular weight is 147 g/mol. The molecule has 0 fully saturated rings. The molecule has 0 amide bonds. The maximum Gasteiger partial charge on any atom is 0.141 e. The number of benzene rings is 1. The Labute approximate surface area is 66.9 Å². The molecule has 0 spiro atoms. The van der Waals surface area contributed by atoms with Crippen LogP contribution in [-0.2, 0) is 0 Å². The first-order chi connectivity index (χ1) is 6.20. The van der Waals surface area contributed by atoms with Gasteiger partial charge in [0.1, 0.15) is 11.3 Å². The average Bonchev–Trinajstić information content (AvgIpc) is 2.15. The van der Waals surface area contributed by atoms with Crippen molar-refractivity contribution in [2.45, 2.75) is 0 Å². The Morgan fingerprint density at radius 3 is 3.18 bits per heavy atom. The molecule has 2 rings (SSSR count). The lowest BCUT2D eigenvalue weighted by Crippen LogP contribution is -1.76. The van der Waals surface area contributed by atoms with Crippen molar-refractivity contribution in [3.05, 3.63) is 36.5 Å². The molecule has 0 aliphatic rings. The molecule has 1 heterocycles. The number of pyridine rings is 1. The van der Waals surface area contributed by atoms with E-state index in [0.717, 1.165) is 0 Å². The van der Waals surface area contributed by atoms with Gasteiger partial charge in [-0.15, -0.1) is 0 Å². The second-order valence-electron chi connectivity index (χ2n) is 2.18. The van der Waals surface area contributed by atoms with Gasteiger partial charge in [-0.05, 0) is 12.1 Å². The molecule has 2 heteroatoms. The minimum Gasteiger partial charge on any atom is -0.506 e. The summed E-state index contributed by atoms with van der Waals surface area (Å²) in [7, 11) is 0. The highest BCUT2D eigenvalue weighted by molar-refractivity contribution is 5.83. The van der Waals surface area contributed by atoms with Crippen molar-refractivity contribution in [3.63, 3.8) is 0 Å². The monoisotopic (exact) mass is 147 g/mol. The lowest BCUT2D eigenvalue weighted by atomic mass is 10.2. The number of hydrogen-bond donors (Lipinski definition) is 1. The number of para-hydroxylation sites is 1. The molecule has 2 aromatic rings. The number of phenolic OH excluding ortho intramolecular Hbond substituents is 1. The van der Waals surface area contributed by atoms with Crippen LogP contribution in [0, 0.1) is 0 Å². The maximum atomic E-state index is 9.45. The first kappa shape index (κ1) is 4.34. The summed E-state index contributed by atoms with van der Waals surface area (Å²) in [6.07, 6.45) is 1.53. The van der Waals surface area contributed by atoms with Gasteiger partial charge in [-0.25, -0.2) is 0 Å². The lowest BCUT2D eigenvalue weighted by Gasteiger charge is -1.96. The molecule has 54 valence electrons. The third-order valence-corrected chi connectivity index (χ3v) is 1.47. The lowest BCUT2D eigenvalue weighted by molar-refractivity contribution is 0.480. The van der Waals surface area contributed by atoms with Crippen molar-refractivity contribution in [1.82, 2.24) is 4.98 Å². The highest BCUT2D eigenvalue weighted by Crippen LogP contribution is 2.20. The summed E-state index contributed by atoms with van der Waals surface area (Å²) < 4.78 is 14.9. The smallest absolute Gasteiger partial charge is 0.141 e. The zero-order chi connectivity index (χ0) is 9.42. The van der Waals surface area contributed by atoms with Gasteiger partial charge in [0.15, 0.2) is 0 Å². The van der Waals surface area contributed by atoms with Crippen molar-refractivity contribution in [2.75, 3.05) is 0 Å². The Morgan fingerprint density at radius 1 is 1.36 bits per heavy atom. The second kappa shape index (κ2) is 2.23. The number of aromatic hydroxyl groups is 1. The maximum absolute atomic E-state index is 9.45. The highest BCUT2D eigenvalue weighted by atomic mass is 16.3. The van der Waals surface area contributed by atoms with Gasteiger partial charge < -0.3 is 5.11 Å². The van der Waals surface area contributed by atoms with E-state index in [0.29, 0.717) is 10.9 Å². The number of phenols is 1. The molecule has 2 nitrogen and oxygen atoms in total. The Morgan fingerprint density at radius 2 is 2.27 bits per heavy atom. The molecule has 0 aliphatic carbocycles. The summed E-state index contributed by atoms with van der Waals surface area (Å²) in [5, 5.41) is 10.0. The largest absolute Gasteiger partial charge is 0.506 e. The van der Waals surface area contributed by atoms with E-state index in [1.54, 1.807) is 12.1 Å². The normalized spacial score (nSPS) is 12.7. The molecular weight excluding hydrogens is 138 g/mol. The molecule has 0 saturated carbocycles. The number of rotatable bonds is 0. The minimum atomic E-state index is -0.161. The van der Waals surface area contributed by atoms with E-state index in [2.05, 4.69) is 4.98 Å². The fraction of sp³-hybridized carbons (Fsp3) is 0. The fourth-order valence-electron chi connectivity index (χ4n) is 0.961. The van der Waals surface area contributed by atoms with Crippen LogP contribution >= 0.6 is 0 Å². The van der Waals surface area contributed by atoms with Crippen molar-refractivity contribution in [1.29, 1.82) is 0 Å². The number of aromatic nitrogens is 1. The third-order valence-electron chi connectivity index (χ3n) is 1.47. The van der Waals surface area contributed by atoms with E-state index in [1.807, 2.05) is 0 Å². The van der Waals surface area contributed by atoms with Crippen LogP contribution in [0.1, 0.15) is 2.74 Å². The van der Waals surface area contributed by atoms with E-state index >= 15 is 0 Å². The summed E-state index contributed by atoms with van der Waals surface area (Å²) >= 11 is 0. The Kier molecular flexibility index (Phi) is 0.881. The second-order valence-corrected chi connectivity index (χ2v) is 2.18. The molecule has 0 atom stereocenters. The Hall–Kier alpha value is -1.57. The molecule has 1 N–H and O–H groups in total. The van der Waals surface area contributed by atoms with Gasteiger partial charge in [0, 0.05) is 11.6 Å². The van der Waals surface area contributed by atoms with Crippen molar-refractivity contribution >= 4 is 10.9 Å². The summed E-state index contributed by atoms with van der Waals surface area (Å²) in [5.41, 5.74) is 0.319. The van der Waals surface area contributed by atoms with Crippen molar-refractivity contribution < 1.29 is 7.85 Å². The molecule has 0 saturated heterocycles. The van der Waals surface area contributed by atoms with Gasteiger partial charge in [-0.2, -0.15) is 0 Å². The molecule has 0 aliphatic heterocycles. The number of hydrogen-bond acceptors (Lipinski definition) is 2. The van der Waals surface area contributed by atoms with Gasteiger partial charge >= 0.3 is 0 Å². The Bertz CT molecular complexity index is 470. The van der Waals surface area contributed by atoms with Crippen LogP contribution in [0.4, 0.5) is 0 Å². The Balaban J connectivity index is 2.97. The van der Waals surface area contributed by atoms with Crippen LogP contribution in [-0.4, -0.2) is 10.1 Å². The SMILES string of the molecule is [2H]c1cc([2H])c2cccnc2c1O. The summed E-state index contributed by atoms with van der Waals surface area (Å²) in [6.45, 7) is 0. The third kappa shape index (κ3) is 0.923. The van der Waals surface area contributed by atoms with Gasteiger partial charge in [0.25, 0.3) is 0 Å². The quantitative estimate of drug-likeness (QED) is 0.617. The topological polar surface area (TPSA) is 33.1 Å². The van der Waals surface area contributed by atoms with E-state index < -0.39 is 0 Å². The van der Waals surface area contributed by atoms with Crippen molar-refractivity contribution in [3.8, 4) is 5.75 Å². The first-order valence-corrected chi connectivity index (χ1v) is 3.24. The van der Waals surface area contributed by atoms with Gasteiger partial charge in [0.05, 0.1) is 2.74 Å². The summed E-state index contributed by atoms with van der Waals surface area (Å²) in [4.78, 5) is 3.91. The van der Waals surface area contributed by atoms with Gasteiger partial charge in [-0.1, -0.05) is 18.2 Å². The highest BCUT2D eigenvalue weighted by Gasteiger charge is 1.96. The fourth-order valence-corrected chi connectivity index (χ4v) is 0.961. The zero-order valence-electron chi connectivity index (χ0n) is 7.70. The number of nitrogens with zero attached hydrogens (tertiary/aromatic N) is 1. The molecule has 0 unspecified atom stereocenters. The molecule has 0 bridgehead atoms.